The van der Waals surface area contributed by atoms with Crippen molar-refractivity contribution in [1.29, 1.82) is 0 Å². The SMILES string of the molecule is CCC[C@@H](NC(=O)[C@H](C)N1C(=O)NC(C)(C)C1=O)c1cccs1. The van der Waals surface area contributed by atoms with E-state index in [1.807, 2.05) is 17.5 Å². The van der Waals surface area contributed by atoms with Crippen LogP contribution in [0.2, 0.25) is 0 Å². The van der Waals surface area contributed by atoms with Gasteiger partial charge in [-0.15, -0.1) is 11.3 Å². The monoisotopic (exact) mass is 337 g/mol. The molecular formula is C16H23N3O3S. The maximum absolute atomic E-state index is 12.5. The number of rotatable bonds is 6. The van der Waals surface area contributed by atoms with Gasteiger partial charge in [0.25, 0.3) is 5.91 Å². The fraction of sp³-hybridized carbons (Fsp3) is 0.562. The summed E-state index contributed by atoms with van der Waals surface area (Å²) in [5, 5.41) is 7.52. The Bertz CT molecular complexity index is 598. The third-order valence-corrected chi connectivity index (χ3v) is 4.92. The number of urea groups is 1. The highest BCUT2D eigenvalue weighted by molar-refractivity contribution is 7.10. The lowest BCUT2D eigenvalue weighted by molar-refractivity contribution is -0.137. The number of thiophene rings is 1. The number of carbonyl (C=O) groups excluding carboxylic acids is 3. The Labute approximate surface area is 140 Å². The molecule has 4 amide bonds. The molecule has 0 unspecified atom stereocenters. The van der Waals surface area contributed by atoms with Crippen LogP contribution < -0.4 is 10.6 Å². The number of amides is 4. The van der Waals surface area contributed by atoms with Gasteiger partial charge >= 0.3 is 6.03 Å². The zero-order valence-electron chi connectivity index (χ0n) is 13.9. The van der Waals surface area contributed by atoms with Crippen LogP contribution in [0.1, 0.15) is 51.5 Å². The fourth-order valence-corrected chi connectivity index (χ4v) is 3.41. The molecule has 1 aliphatic rings. The summed E-state index contributed by atoms with van der Waals surface area (Å²) in [4.78, 5) is 38.9. The van der Waals surface area contributed by atoms with E-state index in [1.54, 1.807) is 32.1 Å². The van der Waals surface area contributed by atoms with Crippen LogP contribution in [0, 0.1) is 0 Å². The Kier molecular flexibility index (Phi) is 5.09. The van der Waals surface area contributed by atoms with Gasteiger partial charge in [-0.3, -0.25) is 9.59 Å². The molecule has 0 spiro atoms. The number of nitrogens with one attached hydrogen (secondary N) is 2. The second-order valence-corrected chi connectivity index (χ2v) is 7.25. The average Bonchev–Trinajstić information content (AvgIpc) is 3.05. The maximum Gasteiger partial charge on any atom is 0.325 e. The molecule has 126 valence electrons. The second kappa shape index (κ2) is 6.70. The van der Waals surface area contributed by atoms with Crippen LogP contribution in [0.5, 0.6) is 0 Å². The summed E-state index contributed by atoms with van der Waals surface area (Å²) in [5.74, 6) is -0.702. The van der Waals surface area contributed by atoms with E-state index in [0.717, 1.165) is 22.6 Å². The highest BCUT2D eigenvalue weighted by Crippen LogP contribution is 2.24. The van der Waals surface area contributed by atoms with Crippen molar-refractivity contribution >= 4 is 29.2 Å². The summed E-state index contributed by atoms with van der Waals surface area (Å²) in [6, 6.07) is 2.46. The van der Waals surface area contributed by atoms with Crippen molar-refractivity contribution < 1.29 is 14.4 Å². The minimum atomic E-state index is -0.970. The molecular weight excluding hydrogens is 314 g/mol. The molecule has 23 heavy (non-hydrogen) atoms. The van der Waals surface area contributed by atoms with Crippen molar-refractivity contribution in [2.45, 2.75) is 58.2 Å². The smallest absolute Gasteiger partial charge is 0.325 e. The molecule has 2 atom stereocenters. The van der Waals surface area contributed by atoms with Crippen LogP contribution in [0.15, 0.2) is 17.5 Å². The van der Waals surface area contributed by atoms with E-state index in [1.165, 1.54) is 0 Å². The minimum absolute atomic E-state index is 0.0938. The van der Waals surface area contributed by atoms with Gasteiger partial charge in [0.2, 0.25) is 5.91 Å². The van der Waals surface area contributed by atoms with Gasteiger partial charge in [-0.1, -0.05) is 19.4 Å². The first-order valence-corrected chi connectivity index (χ1v) is 8.65. The van der Waals surface area contributed by atoms with Gasteiger partial charge < -0.3 is 10.6 Å². The molecule has 1 aromatic rings. The largest absolute Gasteiger partial charge is 0.347 e. The fourth-order valence-electron chi connectivity index (χ4n) is 2.60. The van der Waals surface area contributed by atoms with Crippen molar-refractivity contribution in [1.82, 2.24) is 15.5 Å². The summed E-state index contributed by atoms with van der Waals surface area (Å²) in [7, 11) is 0. The molecule has 2 N–H and O–H groups in total. The zero-order valence-corrected chi connectivity index (χ0v) is 14.7. The minimum Gasteiger partial charge on any atom is -0.347 e. The van der Waals surface area contributed by atoms with Gasteiger partial charge in [0.1, 0.15) is 11.6 Å². The maximum atomic E-state index is 12.5. The van der Waals surface area contributed by atoms with Gasteiger partial charge in [0.15, 0.2) is 0 Å². The Balaban J connectivity index is 2.10. The predicted molar refractivity (Wildman–Crippen MR) is 89.0 cm³/mol. The standard InChI is InChI=1S/C16H23N3O3S/c1-5-7-11(12-8-6-9-23-12)17-13(20)10(2)19-14(21)16(3,4)18-15(19)22/h6,8-11H,5,7H2,1-4H3,(H,17,20)(H,18,22)/t10-,11+/m0/s1. The normalized spacial score (nSPS) is 19.4. The third-order valence-electron chi connectivity index (χ3n) is 3.94. The number of hydrogen-bond donors (Lipinski definition) is 2. The van der Waals surface area contributed by atoms with E-state index in [9.17, 15) is 14.4 Å². The molecule has 6 nitrogen and oxygen atoms in total. The Morgan fingerprint density at radius 3 is 2.61 bits per heavy atom. The van der Waals surface area contributed by atoms with Gasteiger partial charge in [0.05, 0.1) is 6.04 Å². The molecule has 1 fully saturated rings. The average molecular weight is 337 g/mol. The summed E-state index contributed by atoms with van der Waals surface area (Å²) >= 11 is 1.58. The van der Waals surface area contributed by atoms with E-state index in [2.05, 4.69) is 17.6 Å². The summed E-state index contributed by atoms with van der Waals surface area (Å²) in [5.41, 5.74) is -0.970. The molecule has 2 rings (SSSR count). The topological polar surface area (TPSA) is 78.5 Å². The van der Waals surface area contributed by atoms with E-state index in [-0.39, 0.29) is 17.9 Å². The third kappa shape index (κ3) is 3.55. The summed E-state index contributed by atoms with van der Waals surface area (Å²) < 4.78 is 0. The van der Waals surface area contributed by atoms with Crippen LogP contribution >= 0.6 is 11.3 Å². The van der Waals surface area contributed by atoms with E-state index < -0.39 is 17.6 Å². The molecule has 1 aliphatic heterocycles. The van der Waals surface area contributed by atoms with Gasteiger partial charge in [-0.2, -0.15) is 0 Å². The number of hydrogen-bond acceptors (Lipinski definition) is 4. The summed E-state index contributed by atoms with van der Waals surface area (Å²) in [6.07, 6.45) is 1.73. The van der Waals surface area contributed by atoms with Gasteiger partial charge in [0, 0.05) is 4.88 Å². The van der Waals surface area contributed by atoms with Crippen LogP contribution in [0.4, 0.5) is 4.79 Å². The Hall–Kier alpha value is -1.89. The first kappa shape index (κ1) is 17.5. The van der Waals surface area contributed by atoms with Crippen LogP contribution in [-0.2, 0) is 9.59 Å². The van der Waals surface area contributed by atoms with Crippen LogP contribution in [0.3, 0.4) is 0 Å². The first-order chi connectivity index (χ1) is 10.8. The number of nitrogens with zero attached hydrogens (tertiary/aromatic N) is 1. The van der Waals surface area contributed by atoms with Crippen molar-refractivity contribution in [2.75, 3.05) is 0 Å². The molecule has 7 heteroatoms. The highest BCUT2D eigenvalue weighted by Gasteiger charge is 2.47. The predicted octanol–water partition coefficient (Wildman–Crippen LogP) is 2.42. The lowest BCUT2D eigenvalue weighted by Crippen LogP contribution is -2.49. The van der Waals surface area contributed by atoms with E-state index >= 15 is 0 Å². The van der Waals surface area contributed by atoms with Crippen molar-refractivity contribution in [2.24, 2.45) is 0 Å². The second-order valence-electron chi connectivity index (χ2n) is 6.27. The van der Waals surface area contributed by atoms with E-state index in [4.69, 9.17) is 0 Å². The molecule has 1 aromatic heterocycles. The highest BCUT2D eigenvalue weighted by atomic mass is 32.1. The van der Waals surface area contributed by atoms with Crippen molar-refractivity contribution in [3.8, 4) is 0 Å². The van der Waals surface area contributed by atoms with Crippen LogP contribution in [-0.4, -0.2) is 34.3 Å². The molecule has 0 saturated carbocycles. The number of carbonyl (C=O) groups is 3. The van der Waals surface area contributed by atoms with Crippen molar-refractivity contribution in [3.05, 3.63) is 22.4 Å². The summed E-state index contributed by atoms with van der Waals surface area (Å²) in [6.45, 7) is 6.88. The van der Waals surface area contributed by atoms with E-state index in [0.29, 0.717) is 0 Å². The Morgan fingerprint density at radius 1 is 1.43 bits per heavy atom. The Morgan fingerprint density at radius 2 is 2.13 bits per heavy atom. The lowest BCUT2D eigenvalue weighted by atomic mass is 10.1. The quantitative estimate of drug-likeness (QED) is 0.783. The zero-order chi connectivity index (χ0) is 17.2. The first-order valence-electron chi connectivity index (χ1n) is 7.77. The molecule has 2 heterocycles. The molecule has 1 saturated heterocycles. The molecule has 0 bridgehead atoms. The van der Waals surface area contributed by atoms with Gasteiger partial charge in [-0.25, -0.2) is 9.69 Å². The molecule has 0 aromatic carbocycles. The molecule has 0 aliphatic carbocycles. The van der Waals surface area contributed by atoms with Crippen LogP contribution in [0.25, 0.3) is 0 Å². The lowest BCUT2D eigenvalue weighted by Gasteiger charge is -2.25. The number of imide groups is 1. The van der Waals surface area contributed by atoms with Gasteiger partial charge in [-0.05, 0) is 38.6 Å². The van der Waals surface area contributed by atoms with Crippen molar-refractivity contribution in [3.63, 3.8) is 0 Å². The molecule has 0 radical (unpaired) electrons.